The Kier molecular flexibility index (Phi) is 2.66. The van der Waals surface area contributed by atoms with Crippen LogP contribution in [0.1, 0.15) is 35.2 Å². The van der Waals surface area contributed by atoms with Crippen molar-refractivity contribution in [3.8, 4) is 0 Å². The number of carboxylic acids is 1. The minimum absolute atomic E-state index is 0.0293. The average molecular weight is 257 g/mol. The van der Waals surface area contributed by atoms with Crippen molar-refractivity contribution in [2.24, 2.45) is 5.92 Å². The first-order chi connectivity index (χ1) is 9.08. The number of hydrogen-bond donors (Lipinski definition) is 2. The maximum Gasteiger partial charge on any atom is 0.326 e. The maximum atomic E-state index is 11.5. The molecule has 4 heteroatoms. The second kappa shape index (κ2) is 4.23. The predicted molar refractivity (Wildman–Crippen MR) is 71.5 cm³/mol. The molecule has 1 aliphatic heterocycles. The zero-order valence-corrected chi connectivity index (χ0v) is 10.6. The van der Waals surface area contributed by atoms with Crippen LogP contribution in [0.4, 0.5) is 5.69 Å². The molecule has 19 heavy (non-hydrogen) atoms. The summed E-state index contributed by atoms with van der Waals surface area (Å²) in [6, 6.07) is 4.88. The SMILES string of the molecule is CC(=O)c1ccc2c(c1)[C@@H]1C=CC[C@H]1[C@@H](C(=O)O)N2. The van der Waals surface area contributed by atoms with Gasteiger partial charge in [0, 0.05) is 23.1 Å². The number of carbonyl (C=O) groups is 2. The van der Waals surface area contributed by atoms with Gasteiger partial charge >= 0.3 is 5.97 Å². The summed E-state index contributed by atoms with van der Waals surface area (Å²) in [7, 11) is 0. The molecule has 1 aromatic carbocycles. The lowest BCUT2D eigenvalue weighted by atomic mass is 9.79. The van der Waals surface area contributed by atoms with E-state index >= 15 is 0 Å². The smallest absolute Gasteiger partial charge is 0.326 e. The van der Waals surface area contributed by atoms with E-state index in [0.717, 1.165) is 17.7 Å². The summed E-state index contributed by atoms with van der Waals surface area (Å²) in [6.45, 7) is 1.54. The summed E-state index contributed by atoms with van der Waals surface area (Å²) in [5.41, 5.74) is 2.53. The molecule has 2 aliphatic rings. The molecule has 98 valence electrons. The van der Waals surface area contributed by atoms with Crippen LogP contribution in [0.15, 0.2) is 30.4 Å². The number of aliphatic carboxylic acids is 1. The molecule has 1 aromatic rings. The molecule has 0 fully saturated rings. The van der Waals surface area contributed by atoms with E-state index in [1.165, 1.54) is 0 Å². The zero-order valence-electron chi connectivity index (χ0n) is 10.6. The highest BCUT2D eigenvalue weighted by atomic mass is 16.4. The molecule has 2 N–H and O–H groups in total. The zero-order chi connectivity index (χ0) is 13.6. The molecule has 0 unspecified atom stereocenters. The fourth-order valence-corrected chi connectivity index (χ4v) is 3.06. The molecule has 1 aliphatic carbocycles. The van der Waals surface area contributed by atoms with Gasteiger partial charge in [0.05, 0.1) is 0 Å². The second-order valence-corrected chi connectivity index (χ2v) is 5.17. The summed E-state index contributed by atoms with van der Waals surface area (Å²) in [5.74, 6) is -0.662. The lowest BCUT2D eigenvalue weighted by Gasteiger charge is -2.34. The summed E-state index contributed by atoms with van der Waals surface area (Å²) in [5, 5.41) is 12.4. The van der Waals surface area contributed by atoms with Crippen molar-refractivity contribution in [3.05, 3.63) is 41.5 Å². The first-order valence-electron chi connectivity index (χ1n) is 6.39. The predicted octanol–water partition coefficient (Wildman–Crippen LogP) is 2.43. The molecule has 0 spiro atoms. The van der Waals surface area contributed by atoms with E-state index in [2.05, 4.69) is 11.4 Å². The summed E-state index contributed by atoms with van der Waals surface area (Å²) >= 11 is 0. The Morgan fingerprint density at radius 1 is 1.37 bits per heavy atom. The molecule has 0 saturated carbocycles. The number of fused-ring (bicyclic) bond motifs is 3. The number of anilines is 1. The van der Waals surface area contributed by atoms with Crippen LogP contribution in [0.3, 0.4) is 0 Å². The number of rotatable bonds is 2. The van der Waals surface area contributed by atoms with Crippen LogP contribution in [-0.4, -0.2) is 22.9 Å². The van der Waals surface area contributed by atoms with E-state index in [-0.39, 0.29) is 17.6 Å². The summed E-state index contributed by atoms with van der Waals surface area (Å²) in [4.78, 5) is 22.8. The van der Waals surface area contributed by atoms with Crippen LogP contribution in [0.25, 0.3) is 0 Å². The molecule has 3 atom stereocenters. The van der Waals surface area contributed by atoms with Gasteiger partial charge in [0.2, 0.25) is 0 Å². The van der Waals surface area contributed by atoms with E-state index < -0.39 is 12.0 Å². The van der Waals surface area contributed by atoms with Crippen LogP contribution in [-0.2, 0) is 4.79 Å². The molecule has 1 heterocycles. The molecule has 0 bridgehead atoms. The van der Waals surface area contributed by atoms with Gasteiger partial charge in [-0.25, -0.2) is 4.79 Å². The lowest BCUT2D eigenvalue weighted by molar-refractivity contribution is -0.139. The Balaban J connectivity index is 2.08. The molecule has 0 amide bonds. The third-order valence-electron chi connectivity index (χ3n) is 4.04. The van der Waals surface area contributed by atoms with Gasteiger partial charge in [0.15, 0.2) is 5.78 Å². The normalized spacial score (nSPS) is 27.3. The average Bonchev–Trinajstić information content (AvgIpc) is 2.86. The lowest BCUT2D eigenvalue weighted by Crippen LogP contribution is -2.41. The van der Waals surface area contributed by atoms with Gasteiger partial charge in [-0.1, -0.05) is 12.2 Å². The van der Waals surface area contributed by atoms with Gasteiger partial charge in [-0.05, 0) is 37.1 Å². The maximum absolute atomic E-state index is 11.5. The number of hydrogen-bond acceptors (Lipinski definition) is 3. The van der Waals surface area contributed by atoms with Crippen molar-refractivity contribution >= 4 is 17.4 Å². The van der Waals surface area contributed by atoms with E-state index in [4.69, 9.17) is 0 Å². The van der Waals surface area contributed by atoms with Crippen LogP contribution in [0.5, 0.6) is 0 Å². The standard InChI is InChI=1S/C15H15NO3/c1-8(17)9-5-6-13-12(7-9)10-3-2-4-11(10)14(16-13)15(18)19/h2-3,5-7,10-11,14,16H,4H2,1H3,(H,18,19)/t10-,11-,14+/m1/s1. The topological polar surface area (TPSA) is 66.4 Å². The Morgan fingerprint density at radius 3 is 2.84 bits per heavy atom. The van der Waals surface area contributed by atoms with Gasteiger partial charge in [0.25, 0.3) is 0 Å². The van der Waals surface area contributed by atoms with Crippen molar-refractivity contribution in [1.29, 1.82) is 0 Å². The first kappa shape index (κ1) is 12.0. The molecule has 0 radical (unpaired) electrons. The van der Waals surface area contributed by atoms with Crippen molar-refractivity contribution in [2.45, 2.75) is 25.3 Å². The molecular formula is C15H15NO3. The molecule has 0 saturated heterocycles. The number of carboxylic acid groups (broad SMARTS) is 1. The fraction of sp³-hybridized carbons (Fsp3) is 0.333. The van der Waals surface area contributed by atoms with Gasteiger partial charge < -0.3 is 10.4 Å². The van der Waals surface area contributed by atoms with Gasteiger partial charge in [0.1, 0.15) is 6.04 Å². The first-order valence-corrected chi connectivity index (χ1v) is 6.39. The summed E-state index contributed by atoms with van der Waals surface area (Å²) in [6.07, 6.45) is 4.85. The highest BCUT2D eigenvalue weighted by Gasteiger charge is 2.40. The number of carbonyl (C=O) groups excluding carboxylic acids is 1. The van der Waals surface area contributed by atoms with E-state index in [9.17, 15) is 14.7 Å². The fourth-order valence-electron chi connectivity index (χ4n) is 3.06. The van der Waals surface area contributed by atoms with E-state index in [1.54, 1.807) is 13.0 Å². The molecular weight excluding hydrogens is 242 g/mol. The highest BCUT2D eigenvalue weighted by molar-refractivity contribution is 5.95. The monoisotopic (exact) mass is 257 g/mol. The third-order valence-corrected chi connectivity index (χ3v) is 4.04. The minimum atomic E-state index is -0.819. The van der Waals surface area contributed by atoms with Crippen molar-refractivity contribution in [3.63, 3.8) is 0 Å². The van der Waals surface area contributed by atoms with Gasteiger partial charge in [-0.2, -0.15) is 0 Å². The Labute approximate surface area is 111 Å². The number of allylic oxidation sites excluding steroid dienone is 2. The van der Waals surface area contributed by atoms with Gasteiger partial charge in [-0.3, -0.25) is 4.79 Å². The van der Waals surface area contributed by atoms with Gasteiger partial charge in [-0.15, -0.1) is 0 Å². The summed E-state index contributed by atoms with van der Waals surface area (Å²) < 4.78 is 0. The highest BCUT2D eigenvalue weighted by Crippen LogP contribution is 2.44. The van der Waals surface area contributed by atoms with E-state index in [1.807, 2.05) is 18.2 Å². The van der Waals surface area contributed by atoms with Crippen LogP contribution >= 0.6 is 0 Å². The third kappa shape index (κ3) is 1.84. The van der Waals surface area contributed by atoms with Crippen molar-refractivity contribution < 1.29 is 14.7 Å². The Bertz CT molecular complexity index is 591. The molecule has 3 rings (SSSR count). The van der Waals surface area contributed by atoms with Crippen LogP contribution in [0, 0.1) is 5.92 Å². The van der Waals surface area contributed by atoms with Crippen LogP contribution in [0.2, 0.25) is 0 Å². The number of nitrogens with one attached hydrogen (secondary N) is 1. The molecule has 0 aromatic heterocycles. The van der Waals surface area contributed by atoms with E-state index in [0.29, 0.717) is 5.56 Å². The van der Waals surface area contributed by atoms with Crippen LogP contribution < -0.4 is 5.32 Å². The Hall–Kier alpha value is -2.10. The Morgan fingerprint density at radius 2 is 2.16 bits per heavy atom. The van der Waals surface area contributed by atoms with Crippen molar-refractivity contribution in [1.82, 2.24) is 0 Å². The number of Topliss-reactive ketones (excluding diaryl/α,β-unsaturated/α-hetero) is 1. The quantitative estimate of drug-likeness (QED) is 0.630. The minimum Gasteiger partial charge on any atom is -0.480 e. The number of ketones is 1. The van der Waals surface area contributed by atoms with Crippen molar-refractivity contribution in [2.75, 3.05) is 5.32 Å². The molecule has 4 nitrogen and oxygen atoms in total. The largest absolute Gasteiger partial charge is 0.480 e. The number of benzene rings is 1. The second-order valence-electron chi connectivity index (χ2n) is 5.17.